The van der Waals surface area contributed by atoms with Crippen LogP contribution in [-0.2, 0) is 6.42 Å². The first-order valence-corrected chi connectivity index (χ1v) is 5.31. The largest absolute Gasteiger partial charge is 0.374 e. The first kappa shape index (κ1) is 11.1. The minimum absolute atomic E-state index is 0.119. The van der Waals surface area contributed by atoms with Gasteiger partial charge in [-0.15, -0.1) is 0 Å². The lowest BCUT2D eigenvalue weighted by atomic mass is 9.87. The van der Waals surface area contributed by atoms with Crippen LogP contribution in [0.2, 0.25) is 0 Å². The highest BCUT2D eigenvalue weighted by molar-refractivity contribution is 6.07. The van der Waals surface area contributed by atoms with Crippen molar-refractivity contribution in [3.63, 3.8) is 0 Å². The third kappa shape index (κ3) is 1.70. The summed E-state index contributed by atoms with van der Waals surface area (Å²) in [5.74, 6) is 0.119. The van der Waals surface area contributed by atoms with Crippen LogP contribution in [0.15, 0.2) is 18.2 Å². The van der Waals surface area contributed by atoms with Crippen molar-refractivity contribution in [1.29, 1.82) is 0 Å². The number of aliphatic hydroxyl groups is 2. The Bertz CT molecular complexity index is 418. The summed E-state index contributed by atoms with van der Waals surface area (Å²) in [4.78, 5) is 12.7. The molecule has 16 heavy (non-hydrogen) atoms. The van der Waals surface area contributed by atoms with Gasteiger partial charge in [0.2, 0.25) is 0 Å². The minimum atomic E-state index is -0.798. The first-order chi connectivity index (χ1) is 7.50. The highest BCUT2D eigenvalue weighted by atomic mass is 16.3. The van der Waals surface area contributed by atoms with Crippen LogP contribution < -0.4 is 4.90 Å². The summed E-state index contributed by atoms with van der Waals surface area (Å²) in [5, 5.41) is 19.1. The van der Waals surface area contributed by atoms with Crippen LogP contribution in [0.1, 0.15) is 29.8 Å². The first-order valence-electron chi connectivity index (χ1n) is 5.31. The molecule has 0 spiro atoms. The van der Waals surface area contributed by atoms with Gasteiger partial charge in [-0.05, 0) is 31.5 Å². The van der Waals surface area contributed by atoms with E-state index in [0.717, 1.165) is 5.56 Å². The van der Waals surface area contributed by atoms with E-state index < -0.39 is 12.5 Å². The van der Waals surface area contributed by atoms with Crippen molar-refractivity contribution in [2.75, 3.05) is 4.90 Å². The van der Waals surface area contributed by atoms with Crippen LogP contribution in [-0.4, -0.2) is 28.5 Å². The summed E-state index contributed by atoms with van der Waals surface area (Å²) >= 11 is 0. The summed E-state index contributed by atoms with van der Waals surface area (Å²) < 4.78 is 0. The highest BCUT2D eigenvalue weighted by Crippen LogP contribution is 2.29. The van der Waals surface area contributed by atoms with Crippen molar-refractivity contribution >= 4 is 11.5 Å². The maximum Gasteiger partial charge on any atom is 0.167 e. The van der Waals surface area contributed by atoms with Crippen molar-refractivity contribution in [2.45, 2.75) is 32.7 Å². The molecule has 2 N–H and O–H groups in total. The average molecular weight is 221 g/mol. The van der Waals surface area contributed by atoms with Crippen LogP contribution in [0.5, 0.6) is 0 Å². The van der Waals surface area contributed by atoms with Gasteiger partial charge in [0, 0.05) is 17.7 Å². The Morgan fingerprint density at radius 2 is 1.88 bits per heavy atom. The zero-order chi connectivity index (χ0) is 11.9. The van der Waals surface area contributed by atoms with Gasteiger partial charge in [0.15, 0.2) is 5.78 Å². The van der Waals surface area contributed by atoms with E-state index in [2.05, 4.69) is 0 Å². The number of fused-ring (bicyclic) bond motifs is 1. The molecule has 2 atom stereocenters. The molecule has 0 bridgehead atoms. The van der Waals surface area contributed by atoms with Crippen molar-refractivity contribution in [3.05, 3.63) is 29.3 Å². The van der Waals surface area contributed by atoms with Crippen molar-refractivity contribution < 1.29 is 15.0 Å². The van der Waals surface area contributed by atoms with Crippen molar-refractivity contribution in [1.82, 2.24) is 0 Å². The van der Waals surface area contributed by atoms with Crippen molar-refractivity contribution in [2.24, 2.45) is 0 Å². The molecule has 1 aliphatic rings. The molecule has 0 aromatic heterocycles. The summed E-state index contributed by atoms with van der Waals surface area (Å²) in [5.41, 5.74) is 2.39. The normalized spacial score (nSPS) is 17.4. The summed E-state index contributed by atoms with van der Waals surface area (Å²) in [6, 6.07) is 5.40. The molecule has 0 amide bonds. The second-order valence-corrected chi connectivity index (χ2v) is 4.11. The van der Waals surface area contributed by atoms with Gasteiger partial charge in [0.05, 0.1) is 0 Å². The van der Waals surface area contributed by atoms with Crippen LogP contribution in [0.3, 0.4) is 0 Å². The minimum Gasteiger partial charge on any atom is -0.374 e. The molecule has 0 saturated carbocycles. The monoisotopic (exact) mass is 221 g/mol. The van der Waals surface area contributed by atoms with Gasteiger partial charge in [-0.25, -0.2) is 0 Å². The molecule has 4 heteroatoms. The molecule has 0 heterocycles. The van der Waals surface area contributed by atoms with E-state index in [9.17, 15) is 15.0 Å². The number of rotatable bonds is 3. The van der Waals surface area contributed by atoms with Gasteiger partial charge in [-0.2, -0.15) is 0 Å². The number of Topliss-reactive ketones (excluding diaryl/α,β-unsaturated/α-hetero) is 1. The molecule has 1 aliphatic carbocycles. The number of benzene rings is 1. The zero-order valence-electron chi connectivity index (χ0n) is 9.34. The fraction of sp³-hybridized carbons (Fsp3) is 0.417. The molecule has 1 aromatic rings. The van der Waals surface area contributed by atoms with Crippen LogP contribution in [0.25, 0.3) is 0 Å². The number of nitrogens with zero attached hydrogens (tertiary/aromatic N) is 1. The van der Waals surface area contributed by atoms with Crippen LogP contribution in [0.4, 0.5) is 5.69 Å². The Labute approximate surface area is 94.1 Å². The van der Waals surface area contributed by atoms with Gasteiger partial charge in [0.25, 0.3) is 0 Å². The molecule has 4 nitrogen and oxygen atoms in total. The maximum absolute atomic E-state index is 11.3. The number of ketones is 1. The van der Waals surface area contributed by atoms with Gasteiger partial charge in [-0.3, -0.25) is 4.79 Å². The number of aliphatic hydroxyl groups excluding tert-OH is 2. The predicted octanol–water partition coefficient (Wildman–Crippen LogP) is 0.908. The Kier molecular flexibility index (Phi) is 2.69. The van der Waals surface area contributed by atoms with Gasteiger partial charge < -0.3 is 15.1 Å². The fourth-order valence-corrected chi connectivity index (χ4v) is 2.04. The second kappa shape index (κ2) is 3.88. The second-order valence-electron chi connectivity index (χ2n) is 4.11. The highest BCUT2D eigenvalue weighted by Gasteiger charge is 2.25. The molecule has 2 unspecified atom stereocenters. The molecular weight excluding hydrogens is 206 g/mol. The molecule has 0 aliphatic heterocycles. The standard InChI is InChI=1S/C12H15NO3/c1-7(14)13(8(2)15)10-4-3-9-5-12(16)11(9)6-10/h3-4,6-8,14-15H,5H2,1-2H3. The Hall–Kier alpha value is -1.39. The SMILES string of the molecule is CC(O)N(c1ccc2c(c1)C(=O)C2)C(C)O. The number of anilines is 1. The van der Waals surface area contributed by atoms with Crippen LogP contribution in [0, 0.1) is 0 Å². The third-order valence-corrected chi connectivity index (χ3v) is 2.85. The smallest absolute Gasteiger partial charge is 0.167 e. The maximum atomic E-state index is 11.3. The lowest BCUT2D eigenvalue weighted by Crippen LogP contribution is -2.40. The lowest BCUT2D eigenvalue weighted by molar-refractivity contribution is 0.0962. The zero-order valence-corrected chi connectivity index (χ0v) is 9.34. The van der Waals surface area contributed by atoms with Gasteiger partial charge >= 0.3 is 0 Å². The lowest BCUT2D eigenvalue weighted by Gasteiger charge is -2.32. The third-order valence-electron chi connectivity index (χ3n) is 2.85. The molecule has 1 aromatic carbocycles. The molecule has 0 fully saturated rings. The molecular formula is C12H15NO3. The summed E-state index contributed by atoms with van der Waals surface area (Å²) in [6.45, 7) is 3.15. The average Bonchev–Trinajstić information content (AvgIpc) is 2.17. The van der Waals surface area contributed by atoms with E-state index in [1.807, 2.05) is 12.1 Å². The number of carbonyl (C=O) groups excluding carboxylic acids is 1. The molecule has 86 valence electrons. The van der Waals surface area contributed by atoms with E-state index in [4.69, 9.17) is 0 Å². The van der Waals surface area contributed by atoms with E-state index >= 15 is 0 Å². The van der Waals surface area contributed by atoms with E-state index in [0.29, 0.717) is 17.7 Å². The number of carbonyl (C=O) groups is 1. The fourth-order valence-electron chi connectivity index (χ4n) is 2.04. The van der Waals surface area contributed by atoms with Crippen molar-refractivity contribution in [3.8, 4) is 0 Å². The Morgan fingerprint density at radius 1 is 1.25 bits per heavy atom. The molecule has 0 saturated heterocycles. The van der Waals surface area contributed by atoms with E-state index in [1.165, 1.54) is 4.90 Å². The van der Waals surface area contributed by atoms with E-state index in [-0.39, 0.29) is 5.78 Å². The molecule has 0 radical (unpaired) electrons. The van der Waals surface area contributed by atoms with E-state index in [1.54, 1.807) is 19.9 Å². The Balaban J connectivity index is 2.36. The Morgan fingerprint density at radius 3 is 2.38 bits per heavy atom. The van der Waals surface area contributed by atoms with Gasteiger partial charge in [0.1, 0.15) is 12.5 Å². The summed E-state index contributed by atoms with van der Waals surface area (Å²) in [6.07, 6.45) is -1.10. The topological polar surface area (TPSA) is 60.8 Å². The predicted molar refractivity (Wildman–Crippen MR) is 60.3 cm³/mol. The quantitative estimate of drug-likeness (QED) is 0.745. The molecule has 2 rings (SSSR count). The van der Waals surface area contributed by atoms with Crippen LogP contribution >= 0.6 is 0 Å². The number of hydrogen-bond donors (Lipinski definition) is 2. The number of hydrogen-bond acceptors (Lipinski definition) is 4. The van der Waals surface area contributed by atoms with Gasteiger partial charge in [-0.1, -0.05) is 6.07 Å². The summed E-state index contributed by atoms with van der Waals surface area (Å²) in [7, 11) is 0.